The molecule has 0 aromatic heterocycles. The van der Waals surface area contributed by atoms with Gasteiger partial charge in [0.25, 0.3) is 5.17 Å². The number of carbonyl (C=O) groups excluding carboxylic acids is 1. The first-order chi connectivity index (χ1) is 13.9. The third-order valence-electron chi connectivity index (χ3n) is 5.62. The van der Waals surface area contributed by atoms with E-state index in [1.807, 2.05) is 19.1 Å². The minimum atomic E-state index is -0.650. The standard InChI is InChI=1S/C23H39NO4S/c1-4-5-11-17(2)20(25)14-13-19-18(21(26)16-22(19)27)12-9-7-6-8-10-15-28-23(29)24-3/h7,9,13-14,17-20,22,25,27H,4-6,8,10-12,15-16H2,1-3H3,(H,24,29)/t17?,18-,19-,20-,22-/m1/s1. The summed E-state index contributed by atoms with van der Waals surface area (Å²) >= 11 is 4.92. The molecule has 0 amide bonds. The van der Waals surface area contributed by atoms with Gasteiger partial charge in [0.2, 0.25) is 0 Å². The average Bonchev–Trinajstić information content (AvgIpc) is 2.98. The van der Waals surface area contributed by atoms with Gasteiger partial charge in [0.05, 0.1) is 18.8 Å². The van der Waals surface area contributed by atoms with E-state index < -0.39 is 12.2 Å². The van der Waals surface area contributed by atoms with E-state index in [9.17, 15) is 15.0 Å². The topological polar surface area (TPSA) is 78.8 Å². The van der Waals surface area contributed by atoms with E-state index in [2.05, 4.69) is 18.3 Å². The fourth-order valence-electron chi connectivity index (χ4n) is 3.62. The predicted octanol–water partition coefficient (Wildman–Crippen LogP) is 3.93. The molecule has 5 atom stereocenters. The second kappa shape index (κ2) is 14.7. The first-order valence-electron chi connectivity index (χ1n) is 11.0. The zero-order valence-corrected chi connectivity index (χ0v) is 19.0. The maximum atomic E-state index is 12.3. The summed E-state index contributed by atoms with van der Waals surface area (Å²) in [5.41, 5.74) is 0. The molecule has 1 unspecified atom stereocenters. The summed E-state index contributed by atoms with van der Waals surface area (Å²) in [6, 6.07) is 0. The predicted molar refractivity (Wildman–Crippen MR) is 122 cm³/mol. The molecule has 3 N–H and O–H groups in total. The Balaban J connectivity index is 2.43. The summed E-state index contributed by atoms with van der Waals surface area (Å²) in [6.07, 6.45) is 13.5. The van der Waals surface area contributed by atoms with E-state index in [0.717, 1.165) is 38.5 Å². The van der Waals surface area contributed by atoms with Crippen LogP contribution in [0.3, 0.4) is 0 Å². The van der Waals surface area contributed by atoms with Crippen molar-refractivity contribution >= 4 is 23.2 Å². The van der Waals surface area contributed by atoms with Gasteiger partial charge in [-0.15, -0.1) is 0 Å². The largest absolute Gasteiger partial charge is 0.471 e. The van der Waals surface area contributed by atoms with Gasteiger partial charge < -0.3 is 20.3 Å². The van der Waals surface area contributed by atoms with Gasteiger partial charge in [-0.05, 0) is 50.2 Å². The molecule has 1 aliphatic carbocycles. The van der Waals surface area contributed by atoms with Crippen LogP contribution in [0, 0.1) is 17.8 Å². The molecule has 1 rings (SSSR count). The maximum Gasteiger partial charge on any atom is 0.256 e. The molecule has 0 aliphatic heterocycles. The SMILES string of the molecule is CCCCC(C)[C@H](O)C=C[C@H]1[C@H](O)CC(=O)[C@@H]1CC=CCCCCOC(=S)NC. The molecule has 1 fully saturated rings. The van der Waals surface area contributed by atoms with E-state index in [0.29, 0.717) is 18.2 Å². The molecular formula is C23H39NO4S. The van der Waals surface area contributed by atoms with Crippen molar-refractivity contribution in [1.82, 2.24) is 5.32 Å². The summed E-state index contributed by atoms with van der Waals surface area (Å²) in [6.45, 7) is 4.78. The minimum Gasteiger partial charge on any atom is -0.471 e. The van der Waals surface area contributed by atoms with Crippen LogP contribution in [-0.2, 0) is 9.53 Å². The van der Waals surface area contributed by atoms with Crippen molar-refractivity contribution in [2.45, 2.75) is 77.4 Å². The third-order valence-corrected chi connectivity index (χ3v) is 5.94. The van der Waals surface area contributed by atoms with Crippen molar-refractivity contribution < 1.29 is 19.7 Å². The number of hydrogen-bond acceptors (Lipinski definition) is 5. The van der Waals surface area contributed by atoms with Gasteiger partial charge >= 0.3 is 0 Å². The number of aliphatic hydroxyl groups excluding tert-OH is 2. The molecule has 0 saturated heterocycles. The Labute approximate surface area is 181 Å². The molecule has 29 heavy (non-hydrogen) atoms. The van der Waals surface area contributed by atoms with E-state index >= 15 is 0 Å². The smallest absolute Gasteiger partial charge is 0.256 e. The number of Topliss-reactive ketones (excluding diaryl/α,β-unsaturated/α-hetero) is 1. The number of thiocarbonyl (C=S) groups is 1. The minimum absolute atomic E-state index is 0.110. The lowest BCUT2D eigenvalue weighted by Gasteiger charge is -2.19. The molecule has 166 valence electrons. The molecule has 0 aromatic carbocycles. The van der Waals surface area contributed by atoms with E-state index in [1.54, 1.807) is 13.1 Å². The molecule has 0 radical (unpaired) electrons. The highest BCUT2D eigenvalue weighted by atomic mass is 32.1. The van der Waals surface area contributed by atoms with Crippen LogP contribution in [0.25, 0.3) is 0 Å². The molecule has 1 saturated carbocycles. The molecule has 5 nitrogen and oxygen atoms in total. The molecule has 6 heteroatoms. The number of unbranched alkanes of at least 4 members (excludes halogenated alkanes) is 3. The molecule has 0 bridgehead atoms. The second-order valence-corrected chi connectivity index (χ2v) is 8.38. The van der Waals surface area contributed by atoms with Crippen LogP contribution in [0.1, 0.15) is 65.2 Å². The Kier molecular flexibility index (Phi) is 13.1. The Morgan fingerprint density at radius 3 is 2.79 bits per heavy atom. The van der Waals surface area contributed by atoms with Crippen molar-refractivity contribution in [2.24, 2.45) is 17.8 Å². The van der Waals surface area contributed by atoms with Gasteiger partial charge in [-0.3, -0.25) is 4.79 Å². The highest BCUT2D eigenvalue weighted by Crippen LogP contribution is 2.33. The number of nitrogens with one attached hydrogen (secondary N) is 1. The van der Waals surface area contributed by atoms with Gasteiger partial charge in [-0.1, -0.05) is 51.0 Å². The van der Waals surface area contributed by atoms with Gasteiger partial charge in [-0.25, -0.2) is 0 Å². The lowest BCUT2D eigenvalue weighted by atomic mass is 9.89. The summed E-state index contributed by atoms with van der Waals surface area (Å²) in [5.74, 6) is -0.118. The van der Waals surface area contributed by atoms with Crippen LogP contribution in [0.4, 0.5) is 0 Å². The number of ketones is 1. The Morgan fingerprint density at radius 2 is 2.10 bits per heavy atom. The molecule has 1 aliphatic rings. The fraction of sp³-hybridized carbons (Fsp3) is 0.739. The zero-order valence-electron chi connectivity index (χ0n) is 18.2. The van der Waals surface area contributed by atoms with Gasteiger partial charge in [-0.2, -0.15) is 0 Å². The summed E-state index contributed by atoms with van der Waals surface area (Å²) < 4.78 is 5.30. The van der Waals surface area contributed by atoms with E-state index in [-0.39, 0.29) is 30.0 Å². The van der Waals surface area contributed by atoms with Crippen LogP contribution in [-0.4, -0.2) is 47.0 Å². The van der Waals surface area contributed by atoms with Crippen molar-refractivity contribution in [3.05, 3.63) is 24.3 Å². The Hall–Kier alpha value is -1.24. The quantitative estimate of drug-likeness (QED) is 0.236. The summed E-state index contributed by atoms with van der Waals surface area (Å²) in [5, 5.41) is 23.8. The number of aliphatic hydroxyl groups is 2. The van der Waals surface area contributed by atoms with Gasteiger partial charge in [0, 0.05) is 25.3 Å². The van der Waals surface area contributed by atoms with Crippen LogP contribution < -0.4 is 5.32 Å². The number of carbonyl (C=O) groups is 1. The summed E-state index contributed by atoms with van der Waals surface area (Å²) in [4.78, 5) is 12.3. The van der Waals surface area contributed by atoms with Crippen LogP contribution in [0.15, 0.2) is 24.3 Å². The van der Waals surface area contributed by atoms with Gasteiger partial charge in [0.15, 0.2) is 0 Å². The monoisotopic (exact) mass is 425 g/mol. The van der Waals surface area contributed by atoms with Crippen LogP contribution >= 0.6 is 12.2 Å². The van der Waals surface area contributed by atoms with Crippen molar-refractivity contribution in [2.75, 3.05) is 13.7 Å². The van der Waals surface area contributed by atoms with Gasteiger partial charge in [0.1, 0.15) is 5.78 Å². The lowest BCUT2D eigenvalue weighted by Crippen LogP contribution is -2.20. The van der Waals surface area contributed by atoms with E-state index in [4.69, 9.17) is 17.0 Å². The third kappa shape index (κ3) is 9.87. The second-order valence-electron chi connectivity index (χ2n) is 8.01. The molecule has 0 heterocycles. The fourth-order valence-corrected chi connectivity index (χ4v) is 3.70. The van der Waals surface area contributed by atoms with E-state index in [1.165, 1.54) is 0 Å². The number of ether oxygens (including phenoxy) is 1. The number of allylic oxidation sites excluding steroid dienone is 2. The van der Waals surface area contributed by atoms with Crippen LogP contribution in [0.2, 0.25) is 0 Å². The summed E-state index contributed by atoms with van der Waals surface area (Å²) in [7, 11) is 1.74. The lowest BCUT2D eigenvalue weighted by molar-refractivity contribution is -0.121. The van der Waals surface area contributed by atoms with Crippen molar-refractivity contribution in [1.29, 1.82) is 0 Å². The Morgan fingerprint density at radius 1 is 1.34 bits per heavy atom. The zero-order chi connectivity index (χ0) is 21.6. The molecular weight excluding hydrogens is 386 g/mol. The maximum absolute atomic E-state index is 12.3. The highest BCUT2D eigenvalue weighted by molar-refractivity contribution is 7.80. The number of hydrogen-bond donors (Lipinski definition) is 3. The van der Waals surface area contributed by atoms with Crippen molar-refractivity contribution in [3.8, 4) is 0 Å². The molecule has 0 aromatic rings. The van der Waals surface area contributed by atoms with Crippen molar-refractivity contribution in [3.63, 3.8) is 0 Å². The van der Waals surface area contributed by atoms with Crippen LogP contribution in [0.5, 0.6) is 0 Å². The number of rotatable bonds is 13. The first kappa shape index (κ1) is 25.8. The molecule has 0 spiro atoms. The highest BCUT2D eigenvalue weighted by Gasteiger charge is 2.39. The Bertz CT molecular complexity index is 549. The normalized spacial score (nSPS) is 24.3. The average molecular weight is 426 g/mol. The first-order valence-corrected chi connectivity index (χ1v) is 11.4.